The molecule has 0 radical (unpaired) electrons. The fourth-order valence-electron chi connectivity index (χ4n) is 2.71. The number of carbonyl (C=O) groups excluding carboxylic acids is 1. The van der Waals surface area contributed by atoms with Crippen molar-refractivity contribution in [1.82, 2.24) is 25.1 Å². The minimum absolute atomic E-state index is 0.142. The highest BCUT2D eigenvalue weighted by Crippen LogP contribution is 2.16. The van der Waals surface area contributed by atoms with Gasteiger partial charge in [0, 0.05) is 18.8 Å². The predicted molar refractivity (Wildman–Crippen MR) is 85.2 cm³/mol. The number of hydrogen-bond donors (Lipinski definition) is 3. The standard InChI is InChI=1S/C15H17N5O4/c21-12-7-9-3-1-2-4-11(9)19-20(12)6-5-16-13(22)10-8-17-15(24)18-14(10)23/h7-8H,1-6H2,(H,16,22)(H2,17,18,23,24). The summed E-state index contributed by atoms with van der Waals surface area (Å²) < 4.78 is 1.32. The summed E-state index contributed by atoms with van der Waals surface area (Å²) in [5, 5.41) is 6.88. The van der Waals surface area contributed by atoms with Crippen LogP contribution in [-0.4, -0.2) is 32.2 Å². The zero-order valence-corrected chi connectivity index (χ0v) is 12.9. The van der Waals surface area contributed by atoms with Crippen molar-refractivity contribution in [3.05, 3.63) is 60.3 Å². The lowest BCUT2D eigenvalue weighted by atomic mass is 9.97. The lowest BCUT2D eigenvalue weighted by Crippen LogP contribution is -2.36. The van der Waals surface area contributed by atoms with E-state index >= 15 is 0 Å². The molecule has 3 N–H and O–H groups in total. The number of amides is 1. The van der Waals surface area contributed by atoms with Crippen LogP contribution in [-0.2, 0) is 19.4 Å². The molecule has 1 aliphatic carbocycles. The molecule has 0 bridgehead atoms. The Bertz CT molecular complexity index is 940. The van der Waals surface area contributed by atoms with Gasteiger partial charge in [0.25, 0.3) is 17.0 Å². The van der Waals surface area contributed by atoms with Crippen molar-refractivity contribution in [2.24, 2.45) is 0 Å². The smallest absolute Gasteiger partial charge is 0.325 e. The molecule has 3 rings (SSSR count). The van der Waals surface area contributed by atoms with Gasteiger partial charge in [0.15, 0.2) is 0 Å². The molecule has 0 unspecified atom stereocenters. The maximum absolute atomic E-state index is 12.0. The van der Waals surface area contributed by atoms with Crippen molar-refractivity contribution >= 4 is 5.91 Å². The van der Waals surface area contributed by atoms with Gasteiger partial charge >= 0.3 is 5.69 Å². The van der Waals surface area contributed by atoms with Crippen molar-refractivity contribution in [1.29, 1.82) is 0 Å². The Morgan fingerprint density at radius 2 is 2.04 bits per heavy atom. The van der Waals surface area contributed by atoms with Crippen molar-refractivity contribution in [2.45, 2.75) is 32.2 Å². The highest BCUT2D eigenvalue weighted by atomic mass is 16.2. The minimum atomic E-state index is -0.764. The third-order valence-electron chi connectivity index (χ3n) is 3.95. The number of nitrogens with zero attached hydrogens (tertiary/aromatic N) is 2. The second-order valence-corrected chi connectivity index (χ2v) is 5.63. The van der Waals surface area contributed by atoms with Crippen molar-refractivity contribution in [3.8, 4) is 0 Å². The monoisotopic (exact) mass is 331 g/mol. The van der Waals surface area contributed by atoms with E-state index in [1.54, 1.807) is 6.07 Å². The number of fused-ring (bicyclic) bond motifs is 1. The van der Waals surface area contributed by atoms with Crippen LogP contribution in [0.3, 0.4) is 0 Å². The van der Waals surface area contributed by atoms with Gasteiger partial charge in [-0.3, -0.25) is 19.4 Å². The lowest BCUT2D eigenvalue weighted by molar-refractivity contribution is 0.0949. The van der Waals surface area contributed by atoms with Gasteiger partial charge in [-0.25, -0.2) is 9.48 Å². The van der Waals surface area contributed by atoms with Gasteiger partial charge in [0.2, 0.25) is 0 Å². The maximum Gasteiger partial charge on any atom is 0.325 e. The fraction of sp³-hybridized carbons (Fsp3) is 0.400. The molecule has 0 fully saturated rings. The van der Waals surface area contributed by atoms with Crippen molar-refractivity contribution < 1.29 is 4.79 Å². The van der Waals surface area contributed by atoms with E-state index in [9.17, 15) is 19.2 Å². The molecule has 1 amide bonds. The van der Waals surface area contributed by atoms with E-state index in [-0.39, 0.29) is 24.2 Å². The van der Waals surface area contributed by atoms with Crippen molar-refractivity contribution in [2.75, 3.05) is 6.54 Å². The number of aromatic nitrogens is 4. The van der Waals surface area contributed by atoms with Gasteiger partial charge < -0.3 is 10.3 Å². The summed E-state index contributed by atoms with van der Waals surface area (Å²) in [6.07, 6.45) is 4.92. The lowest BCUT2D eigenvalue weighted by Gasteiger charge is -2.15. The zero-order chi connectivity index (χ0) is 17.1. The summed E-state index contributed by atoms with van der Waals surface area (Å²) in [6.45, 7) is 0.349. The number of H-pyrrole nitrogens is 2. The Kier molecular flexibility index (Phi) is 4.41. The highest BCUT2D eigenvalue weighted by molar-refractivity contribution is 5.93. The average Bonchev–Trinajstić information content (AvgIpc) is 2.55. The Balaban J connectivity index is 1.66. The number of rotatable bonds is 4. The topological polar surface area (TPSA) is 130 Å². The molecular weight excluding hydrogens is 314 g/mol. The third-order valence-corrected chi connectivity index (χ3v) is 3.95. The van der Waals surface area contributed by atoms with E-state index in [1.165, 1.54) is 4.68 Å². The molecule has 0 atom stereocenters. The largest absolute Gasteiger partial charge is 0.350 e. The van der Waals surface area contributed by atoms with Crippen LogP contribution < -0.4 is 22.1 Å². The summed E-state index contributed by atoms with van der Waals surface area (Å²) in [6, 6.07) is 1.61. The van der Waals surface area contributed by atoms with E-state index in [1.807, 2.05) is 4.98 Å². The molecule has 9 nitrogen and oxygen atoms in total. The van der Waals surface area contributed by atoms with E-state index in [0.717, 1.165) is 43.1 Å². The summed E-state index contributed by atoms with van der Waals surface area (Å²) in [5.41, 5.74) is 0.101. The van der Waals surface area contributed by atoms with Gasteiger partial charge in [0.05, 0.1) is 12.2 Å². The average molecular weight is 331 g/mol. The van der Waals surface area contributed by atoms with Crippen LogP contribution in [0.5, 0.6) is 0 Å². The molecule has 2 aromatic rings. The van der Waals surface area contributed by atoms with Crippen LogP contribution in [0, 0.1) is 0 Å². The van der Waals surface area contributed by atoms with E-state index in [2.05, 4.69) is 15.4 Å². The molecule has 9 heteroatoms. The first-order valence-corrected chi connectivity index (χ1v) is 7.75. The van der Waals surface area contributed by atoms with E-state index in [4.69, 9.17) is 0 Å². The Morgan fingerprint density at radius 1 is 1.25 bits per heavy atom. The first-order valence-electron chi connectivity index (χ1n) is 7.75. The number of nitrogens with one attached hydrogen (secondary N) is 3. The molecule has 0 saturated carbocycles. The molecule has 2 heterocycles. The molecule has 2 aromatic heterocycles. The van der Waals surface area contributed by atoms with Crippen LogP contribution >= 0.6 is 0 Å². The molecule has 0 spiro atoms. The van der Waals surface area contributed by atoms with Gasteiger partial charge in [0.1, 0.15) is 5.56 Å². The molecule has 0 aliphatic heterocycles. The molecule has 0 aromatic carbocycles. The normalized spacial score (nSPS) is 13.3. The van der Waals surface area contributed by atoms with Gasteiger partial charge in [-0.1, -0.05) is 0 Å². The number of carbonyl (C=O) groups is 1. The van der Waals surface area contributed by atoms with Gasteiger partial charge in [-0.2, -0.15) is 5.10 Å². The number of aromatic amines is 2. The first kappa shape index (κ1) is 15.9. The van der Waals surface area contributed by atoms with E-state index in [0.29, 0.717) is 0 Å². The molecule has 126 valence electrons. The molecule has 24 heavy (non-hydrogen) atoms. The van der Waals surface area contributed by atoms with Crippen LogP contribution in [0.4, 0.5) is 0 Å². The zero-order valence-electron chi connectivity index (χ0n) is 12.9. The van der Waals surface area contributed by atoms with Crippen LogP contribution in [0.25, 0.3) is 0 Å². The maximum atomic E-state index is 12.0. The predicted octanol–water partition coefficient (Wildman–Crippen LogP) is -1.07. The Labute approximate surface area is 135 Å². The first-order chi connectivity index (χ1) is 11.5. The molecule has 0 saturated heterocycles. The summed E-state index contributed by atoms with van der Waals surface area (Å²) in [7, 11) is 0. The Hall–Kier alpha value is -2.97. The third kappa shape index (κ3) is 3.34. The van der Waals surface area contributed by atoms with Gasteiger partial charge in [-0.15, -0.1) is 0 Å². The number of aryl methyl sites for hydroxylation is 2. The molecule has 1 aliphatic rings. The highest BCUT2D eigenvalue weighted by Gasteiger charge is 2.14. The molecular formula is C15H17N5O4. The van der Waals surface area contributed by atoms with Crippen LogP contribution in [0.15, 0.2) is 26.6 Å². The van der Waals surface area contributed by atoms with Crippen LogP contribution in [0.2, 0.25) is 0 Å². The second-order valence-electron chi connectivity index (χ2n) is 5.63. The number of hydrogen-bond acceptors (Lipinski definition) is 5. The fourth-order valence-corrected chi connectivity index (χ4v) is 2.71. The minimum Gasteiger partial charge on any atom is -0.350 e. The second kappa shape index (κ2) is 6.65. The van der Waals surface area contributed by atoms with Gasteiger partial charge in [-0.05, 0) is 31.2 Å². The summed E-state index contributed by atoms with van der Waals surface area (Å²) in [4.78, 5) is 50.6. The summed E-state index contributed by atoms with van der Waals surface area (Å²) >= 11 is 0. The van der Waals surface area contributed by atoms with Crippen LogP contribution in [0.1, 0.15) is 34.5 Å². The quantitative estimate of drug-likeness (QED) is 0.657. The Morgan fingerprint density at radius 3 is 2.83 bits per heavy atom. The summed E-state index contributed by atoms with van der Waals surface area (Å²) in [5.74, 6) is -0.626. The van der Waals surface area contributed by atoms with E-state index < -0.39 is 17.2 Å². The van der Waals surface area contributed by atoms with Crippen molar-refractivity contribution in [3.63, 3.8) is 0 Å². The SMILES string of the molecule is O=C(NCCn1nc2c(cc1=O)CCCC2)c1c[nH]c(=O)[nH]c1=O.